The Kier molecular flexibility index (Phi) is 4.33. The molecule has 2 aromatic heterocycles. The average Bonchev–Trinajstić information content (AvgIpc) is 3.04. The van der Waals surface area contributed by atoms with Crippen molar-refractivity contribution in [3.63, 3.8) is 0 Å². The number of hydrogen-bond acceptors (Lipinski definition) is 2. The summed E-state index contributed by atoms with van der Waals surface area (Å²) >= 11 is 6.04. The quantitative estimate of drug-likeness (QED) is 0.455. The van der Waals surface area contributed by atoms with Gasteiger partial charge in [0.25, 0.3) is 0 Å². The molecule has 0 N–H and O–H groups in total. The standard InChI is InChI=1S/C24H22ClN3/c1-17-14-22-23(28(17)15-18-6-8-21(25)9-7-18)10-12-26-24(22)27-13-11-19-4-2-3-5-20(19)16-27/h2-10,12,14H,11,13,15-16H2,1H3. The van der Waals surface area contributed by atoms with Crippen molar-refractivity contribution in [1.82, 2.24) is 9.55 Å². The third-order valence-corrected chi connectivity index (χ3v) is 5.95. The Bertz CT molecular complexity index is 1140. The Morgan fingerprint density at radius 2 is 1.79 bits per heavy atom. The van der Waals surface area contributed by atoms with Gasteiger partial charge in [-0.05, 0) is 54.3 Å². The van der Waals surface area contributed by atoms with Crippen molar-refractivity contribution in [3.8, 4) is 0 Å². The molecular formula is C24H22ClN3. The maximum absolute atomic E-state index is 6.04. The van der Waals surface area contributed by atoms with Crippen LogP contribution in [0.2, 0.25) is 5.02 Å². The highest BCUT2D eigenvalue weighted by molar-refractivity contribution is 6.30. The van der Waals surface area contributed by atoms with Gasteiger partial charge >= 0.3 is 0 Å². The van der Waals surface area contributed by atoms with Crippen LogP contribution in [0.3, 0.4) is 0 Å². The molecule has 0 atom stereocenters. The predicted octanol–water partition coefficient (Wildman–Crippen LogP) is 5.61. The summed E-state index contributed by atoms with van der Waals surface area (Å²) in [6.07, 6.45) is 3.01. The minimum atomic E-state index is 0.773. The lowest BCUT2D eigenvalue weighted by Gasteiger charge is -2.30. The van der Waals surface area contributed by atoms with Crippen molar-refractivity contribution in [2.24, 2.45) is 0 Å². The first-order chi connectivity index (χ1) is 13.7. The number of benzene rings is 2. The third kappa shape index (κ3) is 3.06. The topological polar surface area (TPSA) is 21.1 Å². The maximum Gasteiger partial charge on any atom is 0.138 e. The minimum absolute atomic E-state index is 0.773. The van der Waals surface area contributed by atoms with Crippen LogP contribution >= 0.6 is 11.6 Å². The van der Waals surface area contributed by atoms with Gasteiger partial charge in [0.2, 0.25) is 0 Å². The lowest BCUT2D eigenvalue weighted by molar-refractivity contribution is 0.724. The lowest BCUT2D eigenvalue weighted by atomic mass is 10.00. The molecule has 0 saturated carbocycles. The molecule has 0 fully saturated rings. The third-order valence-electron chi connectivity index (χ3n) is 5.70. The second-order valence-corrected chi connectivity index (χ2v) is 7.94. The molecule has 1 aliphatic heterocycles. The van der Waals surface area contributed by atoms with E-state index >= 15 is 0 Å². The average molecular weight is 388 g/mol. The summed E-state index contributed by atoms with van der Waals surface area (Å²) in [5, 5.41) is 2.00. The van der Waals surface area contributed by atoms with Gasteiger partial charge in [-0.25, -0.2) is 4.98 Å². The molecule has 0 saturated heterocycles. The van der Waals surface area contributed by atoms with E-state index in [1.165, 1.54) is 33.3 Å². The van der Waals surface area contributed by atoms with E-state index in [4.69, 9.17) is 16.6 Å². The molecule has 140 valence electrons. The van der Waals surface area contributed by atoms with Crippen molar-refractivity contribution < 1.29 is 0 Å². The Balaban J connectivity index is 1.52. The lowest BCUT2D eigenvalue weighted by Crippen LogP contribution is -2.31. The van der Waals surface area contributed by atoms with Gasteiger partial charge in [-0.2, -0.15) is 0 Å². The molecule has 3 heterocycles. The van der Waals surface area contributed by atoms with Crippen LogP contribution < -0.4 is 4.90 Å². The minimum Gasteiger partial charge on any atom is -0.351 e. The number of nitrogens with zero attached hydrogens (tertiary/aromatic N) is 3. The second kappa shape index (κ2) is 6.99. The smallest absolute Gasteiger partial charge is 0.138 e. The van der Waals surface area contributed by atoms with Gasteiger partial charge in [0, 0.05) is 41.9 Å². The van der Waals surface area contributed by atoms with Crippen LogP contribution in [0.1, 0.15) is 22.4 Å². The molecule has 4 aromatic rings. The SMILES string of the molecule is Cc1cc2c(N3CCc4ccccc4C3)nccc2n1Cc1ccc(Cl)cc1. The van der Waals surface area contributed by atoms with Crippen LogP contribution in [0, 0.1) is 6.92 Å². The number of rotatable bonds is 3. The van der Waals surface area contributed by atoms with E-state index in [0.717, 1.165) is 36.9 Å². The largest absolute Gasteiger partial charge is 0.351 e. The van der Waals surface area contributed by atoms with Gasteiger partial charge in [-0.1, -0.05) is 48.0 Å². The summed E-state index contributed by atoms with van der Waals surface area (Å²) in [5.74, 6) is 1.09. The van der Waals surface area contributed by atoms with Crippen LogP contribution in [0.25, 0.3) is 10.9 Å². The summed E-state index contributed by atoms with van der Waals surface area (Å²) in [7, 11) is 0. The van der Waals surface area contributed by atoms with Crippen LogP contribution in [-0.2, 0) is 19.5 Å². The molecule has 5 rings (SSSR count). The van der Waals surface area contributed by atoms with Gasteiger partial charge in [0.15, 0.2) is 0 Å². The first-order valence-corrected chi connectivity index (χ1v) is 10.1. The van der Waals surface area contributed by atoms with Gasteiger partial charge in [0.05, 0.1) is 5.52 Å². The summed E-state index contributed by atoms with van der Waals surface area (Å²) < 4.78 is 2.36. The predicted molar refractivity (Wildman–Crippen MR) is 116 cm³/mol. The second-order valence-electron chi connectivity index (χ2n) is 7.51. The van der Waals surface area contributed by atoms with Gasteiger partial charge in [-0.3, -0.25) is 0 Å². The number of pyridine rings is 1. The fourth-order valence-corrected chi connectivity index (χ4v) is 4.34. The number of halogens is 1. The summed E-state index contributed by atoms with van der Waals surface area (Å²) in [4.78, 5) is 7.19. The van der Waals surface area contributed by atoms with Crippen molar-refractivity contribution in [1.29, 1.82) is 0 Å². The van der Waals surface area contributed by atoms with Crippen LogP contribution in [0.15, 0.2) is 66.9 Å². The molecular weight excluding hydrogens is 366 g/mol. The zero-order valence-corrected chi connectivity index (χ0v) is 16.7. The first-order valence-electron chi connectivity index (χ1n) is 9.70. The number of fused-ring (bicyclic) bond motifs is 2. The van der Waals surface area contributed by atoms with E-state index in [9.17, 15) is 0 Å². The molecule has 2 aromatic carbocycles. The Labute approximate surface area is 170 Å². The fraction of sp³-hybridized carbons (Fsp3) is 0.208. The zero-order valence-electron chi connectivity index (χ0n) is 15.9. The molecule has 0 bridgehead atoms. The maximum atomic E-state index is 6.04. The molecule has 1 aliphatic rings. The number of aromatic nitrogens is 2. The molecule has 4 heteroatoms. The number of hydrogen-bond donors (Lipinski definition) is 0. The van der Waals surface area contributed by atoms with Crippen LogP contribution in [-0.4, -0.2) is 16.1 Å². The van der Waals surface area contributed by atoms with Gasteiger partial charge in [-0.15, -0.1) is 0 Å². The normalized spacial score (nSPS) is 13.7. The van der Waals surface area contributed by atoms with E-state index in [1.807, 2.05) is 18.3 Å². The Morgan fingerprint density at radius 3 is 2.61 bits per heavy atom. The van der Waals surface area contributed by atoms with E-state index in [0.29, 0.717) is 0 Å². The molecule has 0 spiro atoms. The Morgan fingerprint density at radius 1 is 1.00 bits per heavy atom. The van der Waals surface area contributed by atoms with E-state index in [2.05, 4.69) is 64.9 Å². The highest BCUT2D eigenvalue weighted by atomic mass is 35.5. The molecule has 0 aliphatic carbocycles. The summed E-state index contributed by atoms with van der Waals surface area (Å²) in [5.41, 5.74) is 6.59. The zero-order chi connectivity index (χ0) is 19.1. The monoisotopic (exact) mass is 387 g/mol. The number of anilines is 1. The van der Waals surface area contributed by atoms with Crippen molar-refractivity contribution in [2.45, 2.75) is 26.4 Å². The van der Waals surface area contributed by atoms with E-state index < -0.39 is 0 Å². The molecule has 3 nitrogen and oxygen atoms in total. The van der Waals surface area contributed by atoms with E-state index in [-0.39, 0.29) is 0 Å². The molecule has 28 heavy (non-hydrogen) atoms. The molecule has 0 unspecified atom stereocenters. The molecule has 0 amide bonds. The number of aryl methyl sites for hydroxylation is 1. The Hall–Kier alpha value is -2.78. The van der Waals surface area contributed by atoms with Crippen molar-refractivity contribution in [3.05, 3.63) is 94.3 Å². The van der Waals surface area contributed by atoms with Crippen molar-refractivity contribution in [2.75, 3.05) is 11.4 Å². The highest BCUT2D eigenvalue weighted by Gasteiger charge is 2.20. The molecule has 0 radical (unpaired) electrons. The van der Waals surface area contributed by atoms with Crippen molar-refractivity contribution >= 4 is 28.3 Å². The summed E-state index contributed by atoms with van der Waals surface area (Å²) in [6.45, 7) is 4.93. The highest BCUT2D eigenvalue weighted by Crippen LogP contribution is 2.31. The first kappa shape index (κ1) is 17.3. The van der Waals surface area contributed by atoms with E-state index in [1.54, 1.807) is 0 Å². The van der Waals surface area contributed by atoms with Gasteiger partial charge < -0.3 is 9.47 Å². The fourth-order valence-electron chi connectivity index (χ4n) is 4.21. The van der Waals surface area contributed by atoms with Crippen LogP contribution in [0.4, 0.5) is 5.82 Å². The summed E-state index contributed by atoms with van der Waals surface area (Å²) in [6, 6.07) is 21.2. The van der Waals surface area contributed by atoms with Crippen LogP contribution in [0.5, 0.6) is 0 Å². The van der Waals surface area contributed by atoms with Gasteiger partial charge in [0.1, 0.15) is 5.82 Å².